The number of thioether (sulfide) groups is 1. The van der Waals surface area contributed by atoms with Gasteiger partial charge in [-0.2, -0.15) is 13.2 Å². The minimum Gasteiger partial charge on any atom is -0.493 e. The molecule has 0 spiro atoms. The topological polar surface area (TPSA) is 78.3 Å². The molecule has 0 aliphatic carbocycles. The quantitative estimate of drug-likeness (QED) is 0.402. The summed E-state index contributed by atoms with van der Waals surface area (Å²) >= 11 is 7.02. The van der Waals surface area contributed by atoms with E-state index in [0.29, 0.717) is 29.0 Å². The molecule has 0 saturated heterocycles. The molecule has 0 bridgehead atoms. The van der Waals surface area contributed by atoms with Gasteiger partial charge in [-0.25, -0.2) is 0 Å². The lowest BCUT2D eigenvalue weighted by molar-refractivity contribution is -0.137. The Hall–Kier alpha value is -2.92. The van der Waals surface area contributed by atoms with E-state index in [9.17, 15) is 18.0 Å². The number of alkyl halides is 3. The maximum atomic E-state index is 12.9. The highest BCUT2D eigenvalue weighted by Crippen LogP contribution is 2.34. The number of para-hydroxylation sites is 2. The highest BCUT2D eigenvalue weighted by Gasteiger charge is 2.31. The summed E-state index contributed by atoms with van der Waals surface area (Å²) in [5, 5.41) is 11.1. The monoisotopic (exact) mass is 500 g/mol. The number of ether oxygens (including phenoxy) is 2. The van der Waals surface area contributed by atoms with Crippen LogP contribution in [0.4, 0.5) is 18.9 Å². The number of nitrogens with one attached hydrogen (secondary N) is 1. The predicted molar refractivity (Wildman–Crippen MR) is 119 cm³/mol. The first-order chi connectivity index (χ1) is 15.7. The van der Waals surface area contributed by atoms with E-state index in [-0.39, 0.29) is 23.1 Å². The summed E-state index contributed by atoms with van der Waals surface area (Å²) in [7, 11) is 1.54. The van der Waals surface area contributed by atoms with Gasteiger partial charge in [0, 0.05) is 6.54 Å². The van der Waals surface area contributed by atoms with Gasteiger partial charge in [0.25, 0.3) is 0 Å². The first kappa shape index (κ1) is 24.7. The van der Waals surface area contributed by atoms with Crippen LogP contribution in [0.25, 0.3) is 0 Å². The molecule has 7 nitrogen and oxygen atoms in total. The van der Waals surface area contributed by atoms with Crippen LogP contribution in [-0.4, -0.2) is 33.5 Å². The number of benzene rings is 2. The number of carbonyl (C=O) groups is 1. The third kappa shape index (κ3) is 6.32. The van der Waals surface area contributed by atoms with E-state index < -0.39 is 17.6 Å². The molecule has 1 N–H and O–H groups in total. The average molecular weight is 501 g/mol. The van der Waals surface area contributed by atoms with E-state index in [1.54, 1.807) is 23.8 Å². The summed E-state index contributed by atoms with van der Waals surface area (Å²) in [6, 6.07) is 9.93. The van der Waals surface area contributed by atoms with E-state index in [1.165, 1.54) is 0 Å². The summed E-state index contributed by atoms with van der Waals surface area (Å²) in [6.45, 7) is 2.55. The summed E-state index contributed by atoms with van der Waals surface area (Å²) in [6.07, 6.45) is -4.54. The van der Waals surface area contributed by atoms with Crippen molar-refractivity contribution in [1.82, 2.24) is 14.8 Å². The first-order valence-corrected chi connectivity index (χ1v) is 11.1. The SMILES string of the molecule is CCn1c(COc2ccccc2OC)nnc1SCC(=O)Nc1cc(C(F)(F)F)ccc1Cl. The number of aromatic nitrogens is 3. The Morgan fingerprint density at radius 3 is 2.58 bits per heavy atom. The van der Waals surface area contributed by atoms with Gasteiger partial charge in [-0.15, -0.1) is 10.2 Å². The zero-order chi connectivity index (χ0) is 24.0. The van der Waals surface area contributed by atoms with Crippen LogP contribution >= 0.6 is 23.4 Å². The van der Waals surface area contributed by atoms with Crippen LogP contribution in [0.15, 0.2) is 47.6 Å². The second-order valence-electron chi connectivity index (χ2n) is 6.61. The molecule has 0 atom stereocenters. The van der Waals surface area contributed by atoms with Gasteiger partial charge >= 0.3 is 6.18 Å². The molecule has 176 valence electrons. The zero-order valence-electron chi connectivity index (χ0n) is 17.6. The Balaban J connectivity index is 1.63. The number of rotatable bonds is 9. The zero-order valence-corrected chi connectivity index (χ0v) is 19.2. The summed E-state index contributed by atoms with van der Waals surface area (Å²) in [5.41, 5.74) is -1.01. The van der Waals surface area contributed by atoms with Gasteiger partial charge in [-0.3, -0.25) is 4.79 Å². The van der Waals surface area contributed by atoms with Crippen molar-refractivity contribution in [2.24, 2.45) is 0 Å². The van der Waals surface area contributed by atoms with Crippen molar-refractivity contribution < 1.29 is 27.4 Å². The smallest absolute Gasteiger partial charge is 0.416 e. The van der Waals surface area contributed by atoms with Crippen LogP contribution in [0.3, 0.4) is 0 Å². The lowest BCUT2D eigenvalue weighted by Crippen LogP contribution is -2.16. The maximum Gasteiger partial charge on any atom is 0.416 e. The number of carbonyl (C=O) groups excluding carboxylic acids is 1. The molecule has 0 aliphatic heterocycles. The molecule has 2 aromatic carbocycles. The van der Waals surface area contributed by atoms with Crippen molar-refractivity contribution in [3.63, 3.8) is 0 Å². The third-order valence-corrected chi connectivity index (χ3v) is 5.73. The minimum atomic E-state index is -4.54. The Labute approximate surface area is 197 Å². The van der Waals surface area contributed by atoms with Gasteiger partial charge in [0.2, 0.25) is 5.91 Å². The Bertz CT molecular complexity index is 1120. The Morgan fingerprint density at radius 1 is 1.18 bits per heavy atom. The maximum absolute atomic E-state index is 12.9. The number of anilines is 1. The number of hydrogen-bond donors (Lipinski definition) is 1. The number of halogens is 4. The van der Waals surface area contributed by atoms with E-state index >= 15 is 0 Å². The summed E-state index contributed by atoms with van der Waals surface area (Å²) in [4.78, 5) is 12.3. The average Bonchev–Trinajstić information content (AvgIpc) is 3.19. The summed E-state index contributed by atoms with van der Waals surface area (Å²) in [5.74, 6) is 1.06. The van der Waals surface area contributed by atoms with E-state index in [2.05, 4.69) is 15.5 Å². The molecular weight excluding hydrogens is 481 g/mol. The van der Waals surface area contributed by atoms with Crippen LogP contribution in [-0.2, 0) is 24.1 Å². The normalized spacial score (nSPS) is 11.3. The van der Waals surface area contributed by atoms with E-state index in [4.69, 9.17) is 21.1 Å². The van der Waals surface area contributed by atoms with Crippen LogP contribution in [0.2, 0.25) is 5.02 Å². The largest absolute Gasteiger partial charge is 0.493 e. The minimum absolute atomic E-state index is 0.00819. The molecule has 1 amide bonds. The van der Waals surface area contributed by atoms with Gasteiger partial charge in [-0.1, -0.05) is 35.5 Å². The molecule has 33 heavy (non-hydrogen) atoms. The van der Waals surface area contributed by atoms with Crippen LogP contribution in [0.1, 0.15) is 18.3 Å². The van der Waals surface area contributed by atoms with Gasteiger partial charge in [0.15, 0.2) is 22.5 Å². The molecule has 3 rings (SSSR count). The predicted octanol–water partition coefficient (Wildman–Crippen LogP) is 5.29. The fraction of sp³-hybridized carbons (Fsp3) is 0.286. The van der Waals surface area contributed by atoms with E-state index in [0.717, 1.165) is 30.0 Å². The number of hydrogen-bond acceptors (Lipinski definition) is 6. The lowest BCUT2D eigenvalue weighted by Gasteiger charge is -2.12. The van der Waals surface area contributed by atoms with Crippen molar-refractivity contribution in [3.8, 4) is 11.5 Å². The van der Waals surface area contributed by atoms with Crippen LogP contribution < -0.4 is 14.8 Å². The third-order valence-electron chi connectivity index (χ3n) is 4.44. The first-order valence-electron chi connectivity index (χ1n) is 9.70. The van der Waals surface area contributed by atoms with Crippen molar-refractivity contribution >= 4 is 35.0 Å². The summed E-state index contributed by atoms with van der Waals surface area (Å²) < 4.78 is 51.6. The molecule has 1 heterocycles. The fourth-order valence-electron chi connectivity index (χ4n) is 2.84. The molecule has 0 unspecified atom stereocenters. The van der Waals surface area contributed by atoms with Gasteiger partial charge in [0.1, 0.15) is 6.61 Å². The number of methoxy groups -OCH3 is 1. The lowest BCUT2D eigenvalue weighted by atomic mass is 10.2. The highest BCUT2D eigenvalue weighted by molar-refractivity contribution is 7.99. The van der Waals surface area contributed by atoms with Crippen molar-refractivity contribution in [2.75, 3.05) is 18.2 Å². The molecule has 0 fully saturated rings. The second-order valence-corrected chi connectivity index (χ2v) is 7.96. The van der Waals surface area contributed by atoms with Crippen molar-refractivity contribution in [3.05, 3.63) is 58.9 Å². The van der Waals surface area contributed by atoms with Crippen LogP contribution in [0, 0.1) is 0 Å². The van der Waals surface area contributed by atoms with Gasteiger partial charge < -0.3 is 19.4 Å². The molecule has 0 radical (unpaired) electrons. The highest BCUT2D eigenvalue weighted by atomic mass is 35.5. The van der Waals surface area contributed by atoms with Crippen LogP contribution in [0.5, 0.6) is 11.5 Å². The molecule has 0 aliphatic rings. The second kappa shape index (κ2) is 10.8. The Morgan fingerprint density at radius 2 is 1.91 bits per heavy atom. The molecular formula is C21H20ClF3N4O3S. The fourth-order valence-corrected chi connectivity index (χ4v) is 3.83. The van der Waals surface area contributed by atoms with Crippen molar-refractivity contribution in [2.45, 2.75) is 31.4 Å². The standard InChI is InChI=1S/C21H20ClF3N4O3S/c1-3-29-18(11-32-17-7-5-4-6-16(17)31-2)27-28-20(29)33-12-19(30)26-15-10-13(21(23,24)25)8-9-14(15)22/h4-10H,3,11-12H2,1-2H3,(H,26,30). The van der Waals surface area contributed by atoms with Gasteiger partial charge in [-0.05, 0) is 37.3 Å². The Kier molecular flexibility index (Phi) is 8.09. The molecule has 1 aromatic heterocycles. The number of amides is 1. The molecule has 0 saturated carbocycles. The molecule has 12 heteroatoms. The molecule has 3 aromatic rings. The van der Waals surface area contributed by atoms with E-state index in [1.807, 2.05) is 19.1 Å². The number of nitrogens with zero attached hydrogens (tertiary/aromatic N) is 3. The van der Waals surface area contributed by atoms with Gasteiger partial charge in [0.05, 0.1) is 29.1 Å². The van der Waals surface area contributed by atoms with Crippen molar-refractivity contribution in [1.29, 1.82) is 0 Å².